The first-order valence-corrected chi connectivity index (χ1v) is 4.34. The molecule has 12 heavy (non-hydrogen) atoms. The highest BCUT2D eigenvalue weighted by Gasteiger charge is 1.88. The van der Waals surface area contributed by atoms with Gasteiger partial charge in [-0.1, -0.05) is 18.2 Å². The van der Waals surface area contributed by atoms with E-state index in [9.17, 15) is 0 Å². The van der Waals surface area contributed by atoms with Gasteiger partial charge in [-0.15, -0.1) is 17.0 Å². The lowest BCUT2D eigenvalue weighted by atomic mass is 10.3. The third kappa shape index (κ3) is 4.70. The summed E-state index contributed by atoms with van der Waals surface area (Å²) in [6.07, 6.45) is 0. The van der Waals surface area contributed by atoms with Gasteiger partial charge in [0, 0.05) is 0 Å². The second-order valence-electron chi connectivity index (χ2n) is 1.93. The molecule has 0 fully saturated rings. The van der Waals surface area contributed by atoms with Crippen molar-refractivity contribution in [2.45, 2.75) is 6.92 Å². The van der Waals surface area contributed by atoms with E-state index in [0.717, 1.165) is 5.75 Å². The van der Waals surface area contributed by atoms with Crippen LogP contribution in [0.5, 0.6) is 5.75 Å². The van der Waals surface area contributed by atoms with Crippen molar-refractivity contribution < 1.29 is 9.05 Å². The Morgan fingerprint density at radius 3 is 2.50 bits per heavy atom. The first kappa shape index (κ1) is 11.9. The maximum atomic E-state index is 5.25. The van der Waals surface area contributed by atoms with E-state index >= 15 is 0 Å². The zero-order valence-corrected chi connectivity index (χ0v) is 9.53. The topological polar surface area (TPSA) is 18.5 Å². The fourth-order valence-electron chi connectivity index (χ4n) is 0.625. The van der Waals surface area contributed by atoms with Crippen LogP contribution in [0.1, 0.15) is 6.92 Å². The molecule has 0 saturated heterocycles. The third-order valence-corrected chi connectivity index (χ3v) is 1.83. The van der Waals surface area contributed by atoms with Gasteiger partial charge in [-0.3, -0.25) is 0 Å². The Morgan fingerprint density at radius 2 is 1.92 bits per heavy atom. The lowest BCUT2D eigenvalue weighted by Gasteiger charge is -2.02. The summed E-state index contributed by atoms with van der Waals surface area (Å²) < 4.78 is 10.3. The van der Waals surface area contributed by atoms with E-state index in [4.69, 9.17) is 9.05 Å². The molecule has 0 aliphatic carbocycles. The average molecular weight is 251 g/mol. The fraction of sp³-hybridized carbons (Fsp3) is 0.250. The molecule has 68 valence electrons. The quantitative estimate of drug-likeness (QED) is 0.604. The van der Waals surface area contributed by atoms with Crippen molar-refractivity contribution in [3.63, 3.8) is 0 Å². The van der Waals surface area contributed by atoms with Gasteiger partial charge in [-0.25, -0.2) is 0 Å². The van der Waals surface area contributed by atoms with Crippen molar-refractivity contribution in [2.75, 3.05) is 6.61 Å². The van der Waals surface area contributed by atoms with E-state index < -0.39 is 0 Å². The van der Waals surface area contributed by atoms with Gasteiger partial charge in [0.15, 0.2) is 0 Å². The number of benzene rings is 1. The van der Waals surface area contributed by atoms with Gasteiger partial charge in [0.05, 0.1) is 6.61 Å². The summed E-state index contributed by atoms with van der Waals surface area (Å²) >= 11 is 0. The van der Waals surface area contributed by atoms with E-state index in [1.807, 2.05) is 37.3 Å². The second-order valence-corrected chi connectivity index (χ2v) is 2.59. The molecule has 2 nitrogen and oxygen atoms in total. The Labute approximate surface area is 85.0 Å². The number of hydrogen-bond acceptors (Lipinski definition) is 2. The summed E-state index contributed by atoms with van der Waals surface area (Å²) in [4.78, 5) is 0. The maximum absolute atomic E-state index is 5.25. The average Bonchev–Trinajstić information content (AvgIpc) is 2.07. The smallest absolute Gasteiger partial charge is 0.215 e. The van der Waals surface area contributed by atoms with E-state index in [1.54, 1.807) is 0 Å². The number of hydrogen-bond donors (Lipinski definition) is 0. The predicted molar refractivity (Wildman–Crippen MR) is 57.3 cm³/mol. The van der Waals surface area contributed by atoms with Gasteiger partial charge in [0.25, 0.3) is 0 Å². The molecule has 1 unspecified atom stereocenters. The first-order valence-electron chi connectivity index (χ1n) is 3.52. The van der Waals surface area contributed by atoms with Crippen LogP contribution in [0, 0.1) is 0 Å². The molecule has 0 heterocycles. The monoisotopic (exact) mass is 250 g/mol. The summed E-state index contributed by atoms with van der Waals surface area (Å²) in [6.45, 7) is 2.65. The summed E-state index contributed by atoms with van der Waals surface area (Å²) in [5, 5.41) is 0. The van der Waals surface area contributed by atoms with Crippen molar-refractivity contribution in [3.8, 4) is 5.75 Å². The molecule has 0 spiro atoms. The van der Waals surface area contributed by atoms with Gasteiger partial charge >= 0.3 is 0 Å². The highest BCUT2D eigenvalue weighted by molar-refractivity contribution is 8.93. The van der Waals surface area contributed by atoms with Gasteiger partial charge in [0.1, 0.15) is 5.75 Å². The highest BCUT2D eigenvalue weighted by atomic mass is 79.9. The van der Waals surface area contributed by atoms with Gasteiger partial charge < -0.3 is 9.05 Å². The largest absolute Gasteiger partial charge is 0.450 e. The Balaban J connectivity index is 0.00000121. The van der Waals surface area contributed by atoms with Gasteiger partial charge in [-0.2, -0.15) is 0 Å². The minimum Gasteiger partial charge on any atom is -0.450 e. The van der Waals surface area contributed by atoms with E-state index in [1.165, 1.54) is 0 Å². The molecular weight excluding hydrogens is 239 g/mol. The molecule has 1 atom stereocenters. The van der Waals surface area contributed by atoms with E-state index in [2.05, 4.69) is 0 Å². The van der Waals surface area contributed by atoms with Crippen LogP contribution in [0.25, 0.3) is 0 Å². The van der Waals surface area contributed by atoms with Crippen LogP contribution < -0.4 is 4.52 Å². The Morgan fingerprint density at radius 1 is 1.25 bits per heavy atom. The van der Waals surface area contributed by atoms with Gasteiger partial charge in [-0.05, 0) is 19.1 Å². The van der Waals surface area contributed by atoms with Crippen LogP contribution in [0.4, 0.5) is 0 Å². The number of halogens is 1. The summed E-state index contributed by atoms with van der Waals surface area (Å²) in [5.41, 5.74) is 0. The molecule has 0 aliphatic rings. The Hall–Kier alpha value is -0.110. The molecule has 0 bridgehead atoms. The highest BCUT2D eigenvalue weighted by Crippen LogP contribution is 2.19. The minimum atomic E-state index is 0. The molecule has 0 N–H and O–H groups in total. The van der Waals surface area contributed by atoms with Crippen molar-refractivity contribution in [3.05, 3.63) is 30.3 Å². The molecule has 4 heteroatoms. The lowest BCUT2D eigenvalue weighted by Crippen LogP contribution is -1.81. The third-order valence-electron chi connectivity index (χ3n) is 1.11. The van der Waals surface area contributed by atoms with Crippen LogP contribution in [-0.4, -0.2) is 6.61 Å². The van der Waals surface area contributed by atoms with Crippen LogP contribution in [0.3, 0.4) is 0 Å². The van der Waals surface area contributed by atoms with E-state index in [-0.39, 0.29) is 26.0 Å². The van der Waals surface area contributed by atoms with Crippen LogP contribution >= 0.6 is 26.0 Å². The fourth-order valence-corrected chi connectivity index (χ4v) is 1.03. The molecule has 0 aromatic heterocycles. The van der Waals surface area contributed by atoms with Crippen molar-refractivity contribution in [1.29, 1.82) is 0 Å². The summed E-state index contributed by atoms with van der Waals surface area (Å²) in [7, 11) is 0.110. The number of para-hydroxylation sites is 1. The summed E-state index contributed by atoms with van der Waals surface area (Å²) in [5.74, 6) is 0.860. The van der Waals surface area contributed by atoms with Crippen molar-refractivity contribution in [2.24, 2.45) is 0 Å². The lowest BCUT2D eigenvalue weighted by molar-refractivity contribution is 0.351. The molecule has 1 rings (SSSR count). The van der Waals surface area contributed by atoms with E-state index in [0.29, 0.717) is 6.61 Å². The minimum absolute atomic E-state index is 0. The van der Waals surface area contributed by atoms with Crippen LogP contribution in [0.2, 0.25) is 0 Å². The normalized spacial score (nSPS) is 9.75. The second kappa shape index (κ2) is 7.53. The van der Waals surface area contributed by atoms with Crippen molar-refractivity contribution >= 4 is 26.0 Å². The van der Waals surface area contributed by atoms with Crippen LogP contribution in [0.15, 0.2) is 30.3 Å². The predicted octanol–water partition coefficient (Wildman–Crippen LogP) is 3.19. The molecule has 0 radical (unpaired) electrons. The molecule has 0 saturated carbocycles. The summed E-state index contributed by atoms with van der Waals surface area (Å²) in [6, 6.07) is 9.65. The van der Waals surface area contributed by atoms with Gasteiger partial charge in [0.2, 0.25) is 9.03 Å². The molecule has 0 aliphatic heterocycles. The number of rotatable bonds is 4. The van der Waals surface area contributed by atoms with Crippen molar-refractivity contribution in [1.82, 2.24) is 0 Å². The first-order chi connectivity index (χ1) is 5.43. The Kier molecular flexibility index (Phi) is 7.47. The molecule has 1 aromatic carbocycles. The molecule has 1 aromatic rings. The molecular formula is C8H12BrO2P. The zero-order chi connectivity index (χ0) is 7.94. The zero-order valence-electron chi connectivity index (χ0n) is 6.82. The SMILES string of the molecule is Br.CCOPOc1ccccc1. The maximum Gasteiger partial charge on any atom is 0.215 e. The molecule has 0 amide bonds. The Bertz CT molecular complexity index is 194. The van der Waals surface area contributed by atoms with Crippen LogP contribution in [-0.2, 0) is 4.52 Å². The standard InChI is InChI=1S/C8H11O2P.BrH/c1-2-9-11-10-8-6-4-3-5-7-8;/h3-7,11H,2H2,1H3;1H.